The van der Waals surface area contributed by atoms with E-state index in [9.17, 15) is 0 Å². The van der Waals surface area contributed by atoms with E-state index in [1.165, 1.54) is 44.3 Å². The van der Waals surface area contributed by atoms with Gasteiger partial charge in [-0.25, -0.2) is 0 Å². The number of benzene rings is 1. The average molecular weight is 286 g/mol. The summed E-state index contributed by atoms with van der Waals surface area (Å²) in [6.45, 7) is 7.86. The highest BCUT2D eigenvalue weighted by molar-refractivity contribution is 5.77. The summed E-state index contributed by atoms with van der Waals surface area (Å²) in [5.74, 6) is 1.88. The molecule has 3 nitrogen and oxygen atoms in total. The fourth-order valence-electron chi connectivity index (χ4n) is 3.33. The molecular weight excluding hydrogens is 260 g/mol. The molecule has 1 aliphatic heterocycles. The molecular formula is C18H26N2O. The summed E-state index contributed by atoms with van der Waals surface area (Å²) in [6, 6.07) is 10.5. The minimum Gasteiger partial charge on any atom is -0.460 e. The molecule has 0 aliphatic carbocycles. The Hall–Kier alpha value is -1.32. The van der Waals surface area contributed by atoms with Gasteiger partial charge in [-0.15, -0.1) is 0 Å². The number of hydrogen-bond acceptors (Lipinski definition) is 3. The van der Waals surface area contributed by atoms with E-state index in [1.54, 1.807) is 0 Å². The summed E-state index contributed by atoms with van der Waals surface area (Å²) >= 11 is 0. The molecule has 1 saturated heterocycles. The number of para-hydroxylation sites is 1. The Kier molecular flexibility index (Phi) is 4.94. The van der Waals surface area contributed by atoms with Crippen LogP contribution in [0.4, 0.5) is 0 Å². The van der Waals surface area contributed by atoms with Gasteiger partial charge < -0.3 is 9.73 Å². The summed E-state index contributed by atoms with van der Waals surface area (Å²) in [5.41, 5.74) is 1.00. The van der Waals surface area contributed by atoms with Gasteiger partial charge in [-0.1, -0.05) is 25.1 Å². The highest BCUT2D eigenvalue weighted by Crippen LogP contribution is 2.21. The van der Waals surface area contributed by atoms with Crippen molar-refractivity contribution in [2.45, 2.75) is 32.7 Å². The van der Waals surface area contributed by atoms with Crippen LogP contribution in [0, 0.1) is 5.92 Å². The first-order valence-corrected chi connectivity index (χ1v) is 8.25. The summed E-state index contributed by atoms with van der Waals surface area (Å²) in [4.78, 5) is 2.55. The Labute approximate surface area is 127 Å². The average Bonchev–Trinajstić information content (AvgIpc) is 2.90. The lowest BCUT2D eigenvalue weighted by Gasteiger charge is -2.29. The maximum atomic E-state index is 5.98. The summed E-state index contributed by atoms with van der Waals surface area (Å²) in [6.07, 6.45) is 3.86. The van der Waals surface area contributed by atoms with Crippen molar-refractivity contribution >= 4 is 11.0 Å². The van der Waals surface area contributed by atoms with E-state index in [0.717, 1.165) is 30.4 Å². The van der Waals surface area contributed by atoms with Gasteiger partial charge in [0.15, 0.2) is 0 Å². The number of nitrogens with zero attached hydrogens (tertiary/aromatic N) is 1. The SMILES string of the molecule is CCCN(Cc1cc2ccccc2o1)CC1CCCNC1. The molecule has 21 heavy (non-hydrogen) atoms. The van der Waals surface area contributed by atoms with E-state index in [-0.39, 0.29) is 0 Å². The van der Waals surface area contributed by atoms with Crippen LogP contribution in [0.1, 0.15) is 31.9 Å². The van der Waals surface area contributed by atoms with Gasteiger partial charge in [0.2, 0.25) is 0 Å². The van der Waals surface area contributed by atoms with Crippen LogP contribution in [0.5, 0.6) is 0 Å². The number of nitrogens with one attached hydrogen (secondary N) is 1. The Morgan fingerprint density at radius 2 is 2.24 bits per heavy atom. The molecule has 0 spiro atoms. The van der Waals surface area contributed by atoms with Gasteiger partial charge in [-0.3, -0.25) is 4.90 Å². The maximum Gasteiger partial charge on any atom is 0.134 e. The highest BCUT2D eigenvalue weighted by Gasteiger charge is 2.17. The quantitative estimate of drug-likeness (QED) is 0.878. The van der Waals surface area contributed by atoms with Crippen molar-refractivity contribution in [2.24, 2.45) is 5.92 Å². The second-order valence-corrected chi connectivity index (χ2v) is 6.20. The fraction of sp³-hybridized carbons (Fsp3) is 0.556. The largest absolute Gasteiger partial charge is 0.460 e. The zero-order valence-corrected chi connectivity index (χ0v) is 13.0. The Morgan fingerprint density at radius 1 is 1.33 bits per heavy atom. The number of hydrogen-bond donors (Lipinski definition) is 1. The lowest BCUT2D eigenvalue weighted by atomic mass is 9.99. The van der Waals surface area contributed by atoms with Crippen molar-refractivity contribution in [1.29, 1.82) is 0 Å². The lowest BCUT2D eigenvalue weighted by Crippen LogP contribution is -2.38. The van der Waals surface area contributed by atoms with E-state index in [1.807, 2.05) is 12.1 Å². The predicted molar refractivity (Wildman–Crippen MR) is 87.4 cm³/mol. The van der Waals surface area contributed by atoms with Crippen molar-refractivity contribution in [3.8, 4) is 0 Å². The molecule has 0 bridgehead atoms. The maximum absolute atomic E-state index is 5.98. The van der Waals surface area contributed by atoms with Gasteiger partial charge in [0.05, 0.1) is 6.54 Å². The second-order valence-electron chi connectivity index (χ2n) is 6.20. The number of fused-ring (bicyclic) bond motifs is 1. The molecule has 2 heterocycles. The third-order valence-electron chi connectivity index (χ3n) is 4.31. The van der Waals surface area contributed by atoms with Crippen molar-refractivity contribution in [2.75, 3.05) is 26.2 Å². The molecule has 1 unspecified atom stereocenters. The van der Waals surface area contributed by atoms with Crippen LogP contribution in [0.15, 0.2) is 34.7 Å². The molecule has 1 fully saturated rings. The van der Waals surface area contributed by atoms with E-state index >= 15 is 0 Å². The van der Waals surface area contributed by atoms with Crippen molar-refractivity contribution in [1.82, 2.24) is 10.2 Å². The van der Waals surface area contributed by atoms with E-state index in [4.69, 9.17) is 4.42 Å². The van der Waals surface area contributed by atoms with Gasteiger partial charge in [-0.2, -0.15) is 0 Å². The summed E-state index contributed by atoms with van der Waals surface area (Å²) < 4.78 is 5.98. The molecule has 114 valence electrons. The van der Waals surface area contributed by atoms with Crippen LogP contribution in [-0.4, -0.2) is 31.1 Å². The third-order valence-corrected chi connectivity index (χ3v) is 4.31. The third kappa shape index (κ3) is 3.86. The molecule has 1 aromatic heterocycles. The fourth-order valence-corrected chi connectivity index (χ4v) is 3.33. The molecule has 0 saturated carbocycles. The zero-order chi connectivity index (χ0) is 14.5. The summed E-state index contributed by atoms with van der Waals surface area (Å²) in [5, 5.41) is 4.73. The van der Waals surface area contributed by atoms with Gasteiger partial charge in [-0.05, 0) is 56.9 Å². The number of rotatable bonds is 6. The number of furan rings is 1. The first kappa shape index (κ1) is 14.6. The molecule has 1 N–H and O–H groups in total. The molecule has 1 atom stereocenters. The molecule has 1 aromatic carbocycles. The van der Waals surface area contributed by atoms with Gasteiger partial charge in [0, 0.05) is 11.9 Å². The van der Waals surface area contributed by atoms with E-state index < -0.39 is 0 Å². The van der Waals surface area contributed by atoms with Gasteiger partial charge >= 0.3 is 0 Å². The molecule has 0 amide bonds. The summed E-state index contributed by atoms with van der Waals surface area (Å²) in [7, 11) is 0. The van der Waals surface area contributed by atoms with Crippen LogP contribution in [0.3, 0.4) is 0 Å². The molecule has 3 rings (SSSR count). The zero-order valence-electron chi connectivity index (χ0n) is 13.0. The first-order chi connectivity index (χ1) is 10.3. The van der Waals surface area contributed by atoms with Crippen LogP contribution in [0.25, 0.3) is 11.0 Å². The van der Waals surface area contributed by atoms with Crippen LogP contribution >= 0.6 is 0 Å². The second kappa shape index (κ2) is 7.10. The van der Waals surface area contributed by atoms with Crippen molar-refractivity contribution in [3.63, 3.8) is 0 Å². The lowest BCUT2D eigenvalue weighted by molar-refractivity contribution is 0.190. The predicted octanol–water partition coefficient (Wildman–Crippen LogP) is 3.64. The topological polar surface area (TPSA) is 28.4 Å². The molecule has 2 aromatic rings. The van der Waals surface area contributed by atoms with Crippen LogP contribution < -0.4 is 5.32 Å². The van der Waals surface area contributed by atoms with Crippen molar-refractivity contribution < 1.29 is 4.42 Å². The Morgan fingerprint density at radius 3 is 3.00 bits per heavy atom. The van der Waals surface area contributed by atoms with E-state index in [0.29, 0.717) is 0 Å². The van der Waals surface area contributed by atoms with Crippen LogP contribution in [0.2, 0.25) is 0 Å². The minimum atomic E-state index is 0.787. The first-order valence-electron chi connectivity index (χ1n) is 8.25. The van der Waals surface area contributed by atoms with Crippen molar-refractivity contribution in [3.05, 3.63) is 36.1 Å². The minimum absolute atomic E-state index is 0.787. The monoisotopic (exact) mass is 286 g/mol. The van der Waals surface area contributed by atoms with Crippen LogP contribution in [-0.2, 0) is 6.54 Å². The van der Waals surface area contributed by atoms with E-state index in [2.05, 4.69) is 35.3 Å². The Balaban J connectivity index is 1.65. The highest BCUT2D eigenvalue weighted by atomic mass is 16.3. The van der Waals surface area contributed by atoms with Gasteiger partial charge in [0.1, 0.15) is 11.3 Å². The molecule has 0 radical (unpaired) electrons. The molecule has 3 heteroatoms. The Bertz CT molecular complexity index is 524. The molecule has 1 aliphatic rings. The van der Waals surface area contributed by atoms with Gasteiger partial charge in [0.25, 0.3) is 0 Å². The standard InChI is InChI=1S/C18H26N2O/c1-2-10-20(13-15-6-5-9-19-12-15)14-17-11-16-7-3-4-8-18(16)21-17/h3-4,7-8,11,15,19H,2,5-6,9-10,12-14H2,1H3. The normalized spacial score (nSPS) is 19.4. The smallest absolute Gasteiger partial charge is 0.134 e. The number of piperidine rings is 1.